The Kier molecular flexibility index (Phi) is 70.0. The molecule has 4 N–H and O–H groups in total. The van der Waals surface area contributed by atoms with Crippen LogP contribution in [0.25, 0.3) is 0 Å². The van der Waals surface area contributed by atoms with Crippen molar-refractivity contribution in [3.8, 4) is 0 Å². The molecule has 0 amide bonds. The second kappa shape index (κ2) is 74.1. The van der Waals surface area contributed by atoms with Crippen LogP contribution in [0.5, 0.6) is 0 Å². The van der Waals surface area contributed by atoms with Gasteiger partial charge in [0.15, 0.2) is 6.10 Å². The summed E-state index contributed by atoms with van der Waals surface area (Å²) in [6.07, 6.45) is 96.3. The quantitative estimate of drug-likeness (QED) is 0.0146. The van der Waals surface area contributed by atoms with Crippen LogP contribution in [0.3, 0.4) is 0 Å². The van der Waals surface area contributed by atoms with Gasteiger partial charge in [0, 0.05) is 19.3 Å². The number of phosphoric ester groups is 2. The smallest absolute Gasteiger partial charge is 0.463 e. The molecule has 0 saturated carbocycles. The van der Waals surface area contributed by atoms with Crippen LogP contribution in [-0.4, -0.2) is 95.9 Å². The van der Waals surface area contributed by atoms with E-state index in [4.69, 9.17) is 32.3 Å². The van der Waals surface area contributed by atoms with E-state index in [0.717, 1.165) is 186 Å². The van der Waals surface area contributed by atoms with Gasteiger partial charge < -0.3 is 34.2 Å². The summed E-state index contributed by atoms with van der Waals surface area (Å²) in [6.45, 7) is 2.19. The zero-order valence-electron chi connectivity index (χ0n) is 62.0. The zero-order chi connectivity index (χ0) is 73.7. The number of allylic oxidation sites excluding steroid dienone is 32. The number of carbonyl (C=O) groups excluding carboxylic acids is 3. The SMILES string of the molecule is CC/C=C\C/C=C\C/C=C\C/C=C\C/C=C\C/C=C\CCC(=O)OC(COC(=O)CCCCCCCCC/C=C\C/C=C\C/C=C\C/C=C\C/C=C\CC)COP(=O)(O)OCC(O)COP(=O)(O)OCC(O)COC(=O)CCCCCCCCC/C=C\C/C=C\C/C=C\C/C=C\C/C=C\CC. The van der Waals surface area contributed by atoms with Crippen LogP contribution in [-0.2, 0) is 55.8 Å². The van der Waals surface area contributed by atoms with Gasteiger partial charge in [0.1, 0.15) is 25.4 Å². The fourth-order valence-corrected chi connectivity index (χ4v) is 10.8. The highest BCUT2D eigenvalue weighted by molar-refractivity contribution is 7.47. The summed E-state index contributed by atoms with van der Waals surface area (Å²) < 4.78 is 61.0. The summed E-state index contributed by atoms with van der Waals surface area (Å²) in [5.41, 5.74) is 0. The molecular formula is C83H132O16P2. The number of esters is 3. The predicted octanol–water partition coefficient (Wildman–Crippen LogP) is 22.0. The van der Waals surface area contributed by atoms with E-state index in [0.29, 0.717) is 25.7 Å². The van der Waals surface area contributed by atoms with E-state index in [-0.39, 0.29) is 19.3 Å². The topological polar surface area (TPSA) is 231 Å². The molecule has 0 aromatic carbocycles. The molecule has 0 aliphatic heterocycles. The lowest BCUT2D eigenvalue weighted by molar-refractivity contribution is -0.161. The first-order valence-electron chi connectivity index (χ1n) is 37.7. The standard InChI is InChI=1S/C83H132O16P2/c1-4-7-10-13-16-19-22-25-28-31-34-36-38-40-43-45-48-51-54-57-60-63-66-69-81(86)93-72-78(84)73-95-100(89,90)96-74-79(85)75-97-101(91,92)98-77-80(99-83(88)71-68-65-62-59-56-53-50-47-42-33-30-27-24-21-18-15-12-9-6-3)76-94-82(87)70-67-64-61-58-55-52-49-46-44-41-39-37-35-32-29-26-23-20-17-14-11-8-5-2/h7-12,16-21,25-30,34-37,40-44,47,53,56,62,65,78-80,84-85H,4-6,13-15,22-24,31-33,38-39,45-46,48-52,54-55,57-61,63-64,66-77H2,1-3H3,(H,89,90)(H,91,92)/b10-7-,11-8-,12-9-,19-16-,20-17-,21-18-,28-25-,29-26-,30-27-,36-34-,37-35-,43-40-,44-41-,47-42-,56-53-,65-62-. The first kappa shape index (κ1) is 95.4. The minimum Gasteiger partial charge on any atom is -0.463 e. The summed E-state index contributed by atoms with van der Waals surface area (Å²) >= 11 is 0. The molecular weight excluding hydrogens is 1310 g/mol. The fourth-order valence-electron chi connectivity index (χ4n) is 9.18. The van der Waals surface area contributed by atoms with Gasteiger partial charge in [-0.3, -0.25) is 32.5 Å². The number of unbranched alkanes of at least 4 members (excludes halogenated alkanes) is 14. The summed E-state index contributed by atoms with van der Waals surface area (Å²) in [7, 11) is -9.84. The van der Waals surface area contributed by atoms with Crippen LogP contribution in [0, 0.1) is 0 Å². The monoisotopic (exact) mass is 1450 g/mol. The molecule has 0 aliphatic carbocycles. The van der Waals surface area contributed by atoms with Gasteiger partial charge >= 0.3 is 33.6 Å². The largest absolute Gasteiger partial charge is 0.472 e. The van der Waals surface area contributed by atoms with Crippen LogP contribution in [0.1, 0.15) is 252 Å². The molecule has 0 radical (unpaired) electrons. The number of phosphoric acid groups is 2. The summed E-state index contributed by atoms with van der Waals surface area (Å²) in [5, 5.41) is 20.6. The van der Waals surface area contributed by atoms with Crippen molar-refractivity contribution >= 4 is 33.6 Å². The summed E-state index contributed by atoms with van der Waals surface area (Å²) in [4.78, 5) is 58.6. The Morgan fingerprint density at radius 2 is 0.515 bits per heavy atom. The number of carbonyl (C=O) groups is 3. The number of hydrogen-bond acceptors (Lipinski definition) is 14. The Labute approximate surface area is 610 Å². The number of ether oxygens (including phenoxy) is 3. The highest BCUT2D eigenvalue weighted by atomic mass is 31.2. The van der Waals surface area contributed by atoms with Gasteiger partial charge in [-0.05, 0) is 148 Å². The van der Waals surface area contributed by atoms with Crippen molar-refractivity contribution in [3.05, 3.63) is 194 Å². The Morgan fingerprint density at radius 3 is 0.822 bits per heavy atom. The predicted molar refractivity (Wildman–Crippen MR) is 417 cm³/mol. The molecule has 0 fully saturated rings. The first-order chi connectivity index (χ1) is 49.2. The van der Waals surface area contributed by atoms with Gasteiger partial charge in [0.25, 0.3) is 0 Å². The lowest BCUT2D eigenvalue weighted by atomic mass is 10.1. The molecule has 0 aromatic heterocycles. The van der Waals surface area contributed by atoms with Crippen LogP contribution in [0.4, 0.5) is 0 Å². The number of aliphatic hydroxyl groups excluding tert-OH is 2. The van der Waals surface area contributed by atoms with E-state index in [1.807, 2.05) is 18.2 Å². The highest BCUT2D eigenvalue weighted by Crippen LogP contribution is 2.45. The van der Waals surface area contributed by atoms with E-state index >= 15 is 0 Å². The lowest BCUT2D eigenvalue weighted by Gasteiger charge is -2.21. The highest BCUT2D eigenvalue weighted by Gasteiger charge is 2.29. The van der Waals surface area contributed by atoms with E-state index < -0.39 is 91.5 Å². The molecule has 0 saturated heterocycles. The molecule has 101 heavy (non-hydrogen) atoms. The van der Waals surface area contributed by atoms with Crippen molar-refractivity contribution in [2.75, 3.05) is 39.6 Å². The minimum atomic E-state index is -4.96. The van der Waals surface area contributed by atoms with E-state index in [1.165, 1.54) is 0 Å². The van der Waals surface area contributed by atoms with Gasteiger partial charge in [-0.1, -0.05) is 279 Å². The Morgan fingerprint density at radius 1 is 0.277 bits per heavy atom. The maximum absolute atomic E-state index is 13.0. The molecule has 18 heteroatoms. The Hall–Kier alpha value is -5.61. The molecule has 0 rings (SSSR count). The van der Waals surface area contributed by atoms with Crippen molar-refractivity contribution in [2.24, 2.45) is 0 Å². The van der Waals surface area contributed by atoms with Crippen LogP contribution in [0.15, 0.2) is 194 Å². The molecule has 0 spiro atoms. The van der Waals surface area contributed by atoms with Crippen molar-refractivity contribution in [2.45, 2.75) is 270 Å². The van der Waals surface area contributed by atoms with Crippen molar-refractivity contribution in [3.63, 3.8) is 0 Å². The molecule has 0 aromatic rings. The maximum atomic E-state index is 13.0. The second-order valence-corrected chi connectivity index (χ2v) is 27.2. The molecule has 16 nitrogen and oxygen atoms in total. The molecule has 0 heterocycles. The van der Waals surface area contributed by atoms with Gasteiger partial charge in [0.05, 0.1) is 26.4 Å². The van der Waals surface area contributed by atoms with Gasteiger partial charge in [0.2, 0.25) is 0 Å². The second-order valence-electron chi connectivity index (χ2n) is 24.3. The van der Waals surface area contributed by atoms with Crippen LogP contribution < -0.4 is 0 Å². The zero-order valence-corrected chi connectivity index (χ0v) is 63.8. The Bertz CT molecular complexity index is 2620. The first-order valence-corrected chi connectivity index (χ1v) is 40.7. The molecule has 0 bridgehead atoms. The van der Waals surface area contributed by atoms with Crippen LogP contribution >= 0.6 is 15.6 Å². The third-order valence-corrected chi connectivity index (χ3v) is 16.7. The average Bonchev–Trinajstić information content (AvgIpc) is 0.941. The van der Waals surface area contributed by atoms with Crippen molar-refractivity contribution in [1.82, 2.24) is 0 Å². The minimum absolute atomic E-state index is 0.0319. The van der Waals surface area contributed by atoms with Gasteiger partial charge in [-0.2, -0.15) is 0 Å². The molecule has 570 valence electrons. The Balaban J connectivity index is 4.79. The molecule has 5 unspecified atom stereocenters. The van der Waals surface area contributed by atoms with Gasteiger partial charge in [-0.25, -0.2) is 9.13 Å². The summed E-state index contributed by atoms with van der Waals surface area (Å²) in [6, 6.07) is 0. The third kappa shape index (κ3) is 75.4. The fraction of sp³-hybridized carbons (Fsp3) is 0.578. The van der Waals surface area contributed by atoms with E-state index in [1.54, 1.807) is 0 Å². The van der Waals surface area contributed by atoms with Crippen molar-refractivity contribution < 1.29 is 75.8 Å². The summed E-state index contributed by atoms with van der Waals surface area (Å²) in [5.74, 6) is -1.71. The average molecular weight is 1450 g/mol. The van der Waals surface area contributed by atoms with E-state index in [9.17, 15) is 43.5 Å². The molecule has 5 atom stereocenters. The third-order valence-electron chi connectivity index (χ3n) is 14.8. The number of rotatable bonds is 69. The van der Waals surface area contributed by atoms with Gasteiger partial charge in [-0.15, -0.1) is 0 Å². The van der Waals surface area contributed by atoms with Crippen LogP contribution in [0.2, 0.25) is 0 Å². The van der Waals surface area contributed by atoms with Crippen molar-refractivity contribution in [1.29, 1.82) is 0 Å². The maximum Gasteiger partial charge on any atom is 0.472 e. The number of hydrogen-bond donors (Lipinski definition) is 4. The number of aliphatic hydroxyl groups is 2. The molecule has 0 aliphatic rings. The normalized spacial score (nSPS) is 15.1. The lowest BCUT2D eigenvalue weighted by Crippen LogP contribution is -2.29. The van der Waals surface area contributed by atoms with E-state index in [2.05, 4.69) is 197 Å².